The normalized spacial score (nSPS) is 7.07. The highest BCUT2D eigenvalue weighted by Gasteiger charge is 1.88. The van der Waals surface area contributed by atoms with Crippen molar-refractivity contribution in [3.05, 3.63) is 35.9 Å². The van der Waals surface area contributed by atoms with E-state index in [0.717, 1.165) is 0 Å². The first-order chi connectivity index (χ1) is 6.74. The molecule has 0 radical (unpaired) electrons. The zero-order valence-corrected chi connectivity index (χ0v) is 7.71. The summed E-state index contributed by atoms with van der Waals surface area (Å²) in [5.74, 6) is 0. The fourth-order valence-electron chi connectivity index (χ4n) is 0.604. The Balaban J connectivity index is 0.000000241. The minimum Gasteiger partial charge on any atom is -0.276 e. The summed E-state index contributed by atoms with van der Waals surface area (Å²) in [7, 11) is 0. The van der Waals surface area contributed by atoms with Gasteiger partial charge in [0, 0.05) is 0 Å². The number of amides is 1. The zero-order chi connectivity index (χ0) is 10.8. The Kier molecular flexibility index (Phi) is 6.11. The van der Waals surface area contributed by atoms with E-state index in [4.69, 9.17) is 10.5 Å². The number of rotatable bonds is 1. The molecule has 0 unspecified atom stereocenters. The van der Waals surface area contributed by atoms with Crippen LogP contribution in [0.4, 0.5) is 0 Å². The summed E-state index contributed by atoms with van der Waals surface area (Å²) >= 11 is 0. The summed E-state index contributed by atoms with van der Waals surface area (Å²) in [6, 6.07) is 10.3. The van der Waals surface area contributed by atoms with Crippen molar-refractivity contribution in [2.24, 2.45) is 0 Å². The minimum atomic E-state index is 0.139. The van der Waals surface area contributed by atoms with E-state index < -0.39 is 0 Å². The number of nitriles is 2. The first-order valence-corrected chi connectivity index (χ1v) is 3.80. The molecule has 0 N–H and O–H groups in total. The van der Waals surface area contributed by atoms with E-state index in [1.807, 2.05) is 18.2 Å². The molecule has 4 heteroatoms. The van der Waals surface area contributed by atoms with Gasteiger partial charge in [-0.1, -0.05) is 35.9 Å². The number of carbonyl (C=O) groups is 1. The Morgan fingerprint density at radius 3 is 1.86 bits per heavy atom. The summed E-state index contributed by atoms with van der Waals surface area (Å²) < 4.78 is 0. The lowest BCUT2D eigenvalue weighted by atomic mass is 10.2. The Morgan fingerprint density at radius 1 is 1.21 bits per heavy atom. The van der Waals surface area contributed by atoms with Crippen LogP contribution >= 0.6 is 0 Å². The second-order valence-corrected chi connectivity index (χ2v) is 2.33. The molecule has 0 aliphatic heterocycles. The van der Waals surface area contributed by atoms with Gasteiger partial charge in [0.15, 0.2) is 0 Å². The molecule has 1 rings (SSSR count). The van der Waals surface area contributed by atoms with Crippen LogP contribution in [0.2, 0.25) is 0 Å². The molecule has 0 spiro atoms. The van der Waals surface area contributed by atoms with Gasteiger partial charge in [0.1, 0.15) is 0 Å². The average Bonchev–Trinajstić information content (AvgIpc) is 2.22. The maximum absolute atomic E-state index is 9.45. The molecular formula is C10H9N3O. The number of carbonyl (C=O) groups excluding carboxylic acids is 1. The molecule has 0 aliphatic carbocycles. The fourth-order valence-corrected chi connectivity index (χ4v) is 0.604. The highest BCUT2D eigenvalue weighted by atomic mass is 16.1. The van der Waals surface area contributed by atoms with Gasteiger partial charge in [-0.2, -0.15) is 15.4 Å². The van der Waals surface area contributed by atoms with Gasteiger partial charge in [-0.25, -0.2) is 0 Å². The van der Waals surface area contributed by atoms with Crippen LogP contribution in [0.5, 0.6) is 0 Å². The smallest absolute Gasteiger partial charge is 0.236 e. The van der Waals surface area contributed by atoms with Gasteiger partial charge in [-0.3, -0.25) is 4.79 Å². The van der Waals surface area contributed by atoms with Gasteiger partial charge in [0.05, 0.1) is 0 Å². The van der Waals surface area contributed by atoms with E-state index in [1.165, 1.54) is 17.9 Å². The van der Waals surface area contributed by atoms with Crippen LogP contribution in [0.25, 0.3) is 0 Å². The molecule has 4 nitrogen and oxygen atoms in total. The molecule has 1 aromatic carbocycles. The van der Waals surface area contributed by atoms with Crippen LogP contribution in [-0.2, 0) is 4.79 Å². The molecule has 0 bridgehead atoms. The Bertz CT molecular complexity index is 334. The minimum absolute atomic E-state index is 0.139. The van der Waals surface area contributed by atoms with Gasteiger partial charge in [0.2, 0.25) is 18.8 Å². The van der Waals surface area contributed by atoms with E-state index in [1.54, 1.807) is 0 Å². The maximum Gasteiger partial charge on any atom is 0.236 e. The van der Waals surface area contributed by atoms with Crippen LogP contribution in [0.3, 0.4) is 0 Å². The van der Waals surface area contributed by atoms with Gasteiger partial charge in [-0.05, 0) is 6.92 Å². The first kappa shape index (κ1) is 11.7. The molecule has 1 amide bonds. The Hall–Kier alpha value is -2.33. The standard InChI is InChI=1S/C7H8.C3HN3O/c1-7-5-3-2-4-6-7;4-1-6(2-5)3-7/h2-6H,1H3;3H. The third-order valence-electron chi connectivity index (χ3n) is 1.26. The summed E-state index contributed by atoms with van der Waals surface area (Å²) in [6.07, 6.45) is 2.75. The molecule has 1 aromatic rings. The topological polar surface area (TPSA) is 67.9 Å². The van der Waals surface area contributed by atoms with Gasteiger partial charge in [-0.15, -0.1) is 0 Å². The third-order valence-corrected chi connectivity index (χ3v) is 1.26. The number of nitrogens with zero attached hydrogens (tertiary/aromatic N) is 3. The van der Waals surface area contributed by atoms with E-state index >= 15 is 0 Å². The second kappa shape index (κ2) is 7.33. The van der Waals surface area contributed by atoms with E-state index in [2.05, 4.69) is 19.1 Å². The second-order valence-electron chi connectivity index (χ2n) is 2.33. The molecule has 70 valence electrons. The summed E-state index contributed by atoms with van der Waals surface area (Å²) in [5, 5.41) is 15.5. The Morgan fingerprint density at radius 2 is 1.71 bits per heavy atom. The van der Waals surface area contributed by atoms with Crippen molar-refractivity contribution in [3.63, 3.8) is 0 Å². The van der Waals surface area contributed by atoms with Crippen molar-refractivity contribution in [3.8, 4) is 12.4 Å². The van der Waals surface area contributed by atoms with Crippen LogP contribution in [0.1, 0.15) is 5.56 Å². The number of hydrogen-bond acceptors (Lipinski definition) is 3. The van der Waals surface area contributed by atoms with E-state index in [0.29, 0.717) is 4.90 Å². The molecule has 0 saturated carbocycles. The van der Waals surface area contributed by atoms with Crippen molar-refractivity contribution in [2.75, 3.05) is 0 Å². The molecule has 0 aliphatic rings. The molecule has 0 saturated heterocycles. The van der Waals surface area contributed by atoms with Crippen molar-refractivity contribution in [1.29, 1.82) is 10.5 Å². The number of hydrogen-bond donors (Lipinski definition) is 0. The predicted octanol–water partition coefficient (Wildman–Crippen LogP) is 1.40. The average molecular weight is 187 g/mol. The highest BCUT2D eigenvalue weighted by molar-refractivity contribution is 5.52. The lowest BCUT2D eigenvalue weighted by Gasteiger charge is -1.82. The summed E-state index contributed by atoms with van der Waals surface area (Å²) in [5.41, 5.74) is 1.32. The molecule has 0 aromatic heterocycles. The molecule has 0 heterocycles. The monoisotopic (exact) mass is 187 g/mol. The molecule has 0 fully saturated rings. The van der Waals surface area contributed by atoms with Crippen LogP contribution in [0.15, 0.2) is 30.3 Å². The SMILES string of the molecule is Cc1ccccc1.N#CN(C#N)C=O. The fraction of sp³-hybridized carbons (Fsp3) is 0.100. The lowest BCUT2D eigenvalue weighted by Crippen LogP contribution is -2.04. The van der Waals surface area contributed by atoms with Crippen molar-refractivity contribution in [1.82, 2.24) is 4.90 Å². The van der Waals surface area contributed by atoms with E-state index in [-0.39, 0.29) is 6.41 Å². The molecule has 14 heavy (non-hydrogen) atoms. The zero-order valence-electron chi connectivity index (χ0n) is 7.71. The van der Waals surface area contributed by atoms with E-state index in [9.17, 15) is 4.79 Å². The summed E-state index contributed by atoms with van der Waals surface area (Å²) in [4.78, 5) is 9.75. The van der Waals surface area contributed by atoms with Gasteiger partial charge < -0.3 is 0 Å². The van der Waals surface area contributed by atoms with Crippen molar-refractivity contribution in [2.45, 2.75) is 6.92 Å². The third kappa shape index (κ3) is 5.34. The quantitative estimate of drug-likeness (QED) is 0.379. The van der Waals surface area contributed by atoms with Crippen molar-refractivity contribution < 1.29 is 4.79 Å². The first-order valence-electron chi connectivity index (χ1n) is 3.80. The summed E-state index contributed by atoms with van der Waals surface area (Å²) in [6.45, 7) is 2.08. The number of aryl methyl sites for hydroxylation is 1. The molecule has 0 atom stereocenters. The van der Waals surface area contributed by atoms with Crippen molar-refractivity contribution >= 4 is 6.41 Å². The Labute approximate surface area is 82.6 Å². The van der Waals surface area contributed by atoms with Gasteiger partial charge in [0.25, 0.3) is 0 Å². The maximum atomic E-state index is 9.45. The predicted molar refractivity (Wildman–Crippen MR) is 50.3 cm³/mol. The molecular weight excluding hydrogens is 178 g/mol. The highest BCUT2D eigenvalue weighted by Crippen LogP contribution is 1.92. The van der Waals surface area contributed by atoms with Crippen LogP contribution in [0, 0.1) is 29.8 Å². The largest absolute Gasteiger partial charge is 0.276 e. The number of benzene rings is 1. The van der Waals surface area contributed by atoms with Crippen LogP contribution < -0.4 is 0 Å². The van der Waals surface area contributed by atoms with Gasteiger partial charge >= 0.3 is 0 Å². The lowest BCUT2D eigenvalue weighted by molar-refractivity contribution is -0.113. The van der Waals surface area contributed by atoms with Crippen LogP contribution in [-0.4, -0.2) is 11.3 Å².